The van der Waals surface area contributed by atoms with E-state index < -0.39 is 17.9 Å². The summed E-state index contributed by atoms with van der Waals surface area (Å²) in [6, 6.07) is 2.39. The van der Waals surface area contributed by atoms with Crippen molar-refractivity contribution >= 4 is 29.0 Å². The Morgan fingerprint density at radius 3 is 2.47 bits per heavy atom. The zero-order valence-corrected chi connectivity index (χ0v) is 10.8. The minimum absolute atomic E-state index is 0.0487. The summed E-state index contributed by atoms with van der Waals surface area (Å²) in [5.74, 6) is -1.13. The predicted molar refractivity (Wildman–Crippen MR) is 63.2 cm³/mol. The molecule has 94 valence electrons. The summed E-state index contributed by atoms with van der Waals surface area (Å²) in [6.07, 6.45) is -0.798. The molecule has 1 aromatic carbocycles. The fourth-order valence-corrected chi connectivity index (χ4v) is 1.88. The lowest BCUT2D eigenvalue weighted by molar-refractivity contribution is -0.0993. The smallest absolute Gasteiger partial charge is 0.171 e. The topological polar surface area (TPSA) is 35.5 Å². The van der Waals surface area contributed by atoms with Crippen LogP contribution in [0.2, 0.25) is 10.0 Å². The Morgan fingerprint density at radius 2 is 1.94 bits per heavy atom. The van der Waals surface area contributed by atoms with Gasteiger partial charge in [0.05, 0.1) is 22.0 Å². The molecule has 0 aliphatic rings. The number of rotatable bonds is 5. The lowest BCUT2D eigenvalue weighted by atomic mass is 10.1. The number of ether oxygens (including phenoxy) is 2. The van der Waals surface area contributed by atoms with E-state index in [0.717, 1.165) is 6.07 Å². The number of ketones is 1. The molecule has 0 fully saturated rings. The van der Waals surface area contributed by atoms with Gasteiger partial charge in [-0.15, -0.1) is 0 Å². The highest BCUT2D eigenvalue weighted by atomic mass is 35.5. The summed E-state index contributed by atoms with van der Waals surface area (Å²) >= 11 is 11.5. The van der Waals surface area contributed by atoms with E-state index in [2.05, 4.69) is 0 Å². The minimum Gasteiger partial charge on any atom is -0.355 e. The van der Waals surface area contributed by atoms with Crippen LogP contribution in [0.3, 0.4) is 0 Å². The molecule has 0 atom stereocenters. The number of carbonyl (C=O) groups is 1. The van der Waals surface area contributed by atoms with Crippen molar-refractivity contribution in [1.82, 2.24) is 0 Å². The van der Waals surface area contributed by atoms with Crippen molar-refractivity contribution in [3.63, 3.8) is 0 Å². The molecule has 0 saturated carbocycles. The molecule has 1 rings (SSSR count). The highest BCUT2D eigenvalue weighted by molar-refractivity contribution is 6.39. The summed E-state index contributed by atoms with van der Waals surface area (Å²) in [5.41, 5.74) is -0.0487. The average molecular weight is 281 g/mol. The van der Waals surface area contributed by atoms with E-state index in [4.69, 9.17) is 32.7 Å². The van der Waals surface area contributed by atoms with Crippen LogP contribution in [-0.2, 0) is 9.47 Å². The summed E-state index contributed by atoms with van der Waals surface area (Å²) in [4.78, 5) is 11.9. The molecule has 0 heterocycles. The van der Waals surface area contributed by atoms with Gasteiger partial charge < -0.3 is 9.47 Å². The van der Waals surface area contributed by atoms with Gasteiger partial charge in [-0.2, -0.15) is 0 Å². The minimum atomic E-state index is -0.710. The zero-order chi connectivity index (χ0) is 13.0. The van der Waals surface area contributed by atoms with Gasteiger partial charge in [0.2, 0.25) is 0 Å². The molecule has 0 spiro atoms. The van der Waals surface area contributed by atoms with Crippen LogP contribution in [0.1, 0.15) is 16.8 Å². The number of carbonyl (C=O) groups excluding carboxylic acids is 1. The largest absolute Gasteiger partial charge is 0.355 e. The second-order valence-electron chi connectivity index (χ2n) is 3.25. The summed E-state index contributed by atoms with van der Waals surface area (Å²) in [6.45, 7) is 0. The van der Waals surface area contributed by atoms with Gasteiger partial charge in [-0.3, -0.25) is 4.79 Å². The first-order valence-electron chi connectivity index (χ1n) is 4.73. The Kier molecular flexibility index (Phi) is 5.33. The van der Waals surface area contributed by atoms with Crippen LogP contribution >= 0.6 is 23.2 Å². The molecule has 0 radical (unpaired) electrons. The molecule has 0 unspecified atom stereocenters. The van der Waals surface area contributed by atoms with Crippen LogP contribution in [0.5, 0.6) is 0 Å². The van der Waals surface area contributed by atoms with Gasteiger partial charge in [0.1, 0.15) is 5.82 Å². The van der Waals surface area contributed by atoms with Crippen LogP contribution in [0.15, 0.2) is 12.1 Å². The van der Waals surface area contributed by atoms with E-state index in [1.165, 1.54) is 20.3 Å². The number of hydrogen-bond donors (Lipinski definition) is 0. The Morgan fingerprint density at radius 1 is 1.35 bits per heavy atom. The molecular formula is C11H11Cl2FO3. The molecule has 0 N–H and O–H groups in total. The van der Waals surface area contributed by atoms with Crippen LogP contribution in [0.25, 0.3) is 0 Å². The molecule has 0 bridgehead atoms. The zero-order valence-electron chi connectivity index (χ0n) is 9.30. The van der Waals surface area contributed by atoms with E-state index in [-0.39, 0.29) is 22.0 Å². The van der Waals surface area contributed by atoms with Crippen LogP contribution in [0.4, 0.5) is 4.39 Å². The molecule has 0 aliphatic heterocycles. The predicted octanol–water partition coefficient (Wildman–Crippen LogP) is 3.32. The number of benzene rings is 1. The number of Topliss-reactive ketones (excluding diaryl/α,β-unsaturated/α-hetero) is 1. The summed E-state index contributed by atoms with van der Waals surface area (Å²) in [5, 5.41) is -0.180. The van der Waals surface area contributed by atoms with Gasteiger partial charge in [-0.05, 0) is 12.1 Å². The van der Waals surface area contributed by atoms with E-state index in [1.807, 2.05) is 0 Å². The van der Waals surface area contributed by atoms with Crippen molar-refractivity contribution in [3.8, 4) is 0 Å². The van der Waals surface area contributed by atoms with Crippen LogP contribution in [-0.4, -0.2) is 26.3 Å². The molecule has 6 heteroatoms. The molecule has 0 saturated heterocycles. The van der Waals surface area contributed by atoms with E-state index in [0.29, 0.717) is 0 Å². The third-order valence-electron chi connectivity index (χ3n) is 2.20. The first-order valence-corrected chi connectivity index (χ1v) is 5.49. The first-order chi connectivity index (χ1) is 8.01. The fraction of sp³-hybridized carbons (Fsp3) is 0.364. The van der Waals surface area contributed by atoms with E-state index in [1.54, 1.807) is 0 Å². The second-order valence-corrected chi connectivity index (χ2v) is 4.03. The standard InChI is InChI=1S/C11H11Cl2FO3/c1-16-9(17-2)5-8(15)10-6(12)3-4-7(14)11(10)13/h3-4,9H,5H2,1-2H3. The Labute approximate surface area is 108 Å². The van der Waals surface area contributed by atoms with Crippen LogP contribution in [0, 0.1) is 5.82 Å². The van der Waals surface area contributed by atoms with Gasteiger partial charge in [0.25, 0.3) is 0 Å². The van der Waals surface area contributed by atoms with Crippen molar-refractivity contribution in [2.75, 3.05) is 14.2 Å². The fourth-order valence-electron chi connectivity index (χ4n) is 1.30. The Bertz CT molecular complexity index is 419. The Hall–Kier alpha value is -0.680. The third kappa shape index (κ3) is 3.39. The van der Waals surface area contributed by atoms with Crippen molar-refractivity contribution in [2.45, 2.75) is 12.7 Å². The highest BCUT2D eigenvalue weighted by Gasteiger charge is 2.21. The number of methoxy groups -OCH3 is 2. The summed E-state index contributed by atoms with van der Waals surface area (Å²) in [7, 11) is 2.80. The summed E-state index contributed by atoms with van der Waals surface area (Å²) < 4.78 is 23.0. The number of halogens is 3. The van der Waals surface area contributed by atoms with Gasteiger partial charge >= 0.3 is 0 Å². The highest BCUT2D eigenvalue weighted by Crippen LogP contribution is 2.28. The van der Waals surface area contributed by atoms with E-state index >= 15 is 0 Å². The molecule has 3 nitrogen and oxygen atoms in total. The molecule has 17 heavy (non-hydrogen) atoms. The maximum absolute atomic E-state index is 13.2. The van der Waals surface area contributed by atoms with Crippen molar-refractivity contribution < 1.29 is 18.7 Å². The van der Waals surface area contributed by atoms with Crippen molar-refractivity contribution in [1.29, 1.82) is 0 Å². The molecule has 0 aromatic heterocycles. The van der Waals surface area contributed by atoms with Gasteiger partial charge in [-0.1, -0.05) is 23.2 Å². The van der Waals surface area contributed by atoms with Crippen LogP contribution < -0.4 is 0 Å². The number of hydrogen-bond acceptors (Lipinski definition) is 3. The lowest BCUT2D eigenvalue weighted by Gasteiger charge is -2.13. The first kappa shape index (κ1) is 14.4. The van der Waals surface area contributed by atoms with Gasteiger partial charge in [0.15, 0.2) is 12.1 Å². The Balaban J connectivity index is 3.00. The van der Waals surface area contributed by atoms with Gasteiger partial charge in [-0.25, -0.2) is 4.39 Å². The average Bonchev–Trinajstić information content (AvgIpc) is 2.31. The molecule has 1 aromatic rings. The second kappa shape index (κ2) is 6.31. The SMILES string of the molecule is COC(CC(=O)c1c(Cl)ccc(F)c1Cl)OC. The normalized spacial score (nSPS) is 10.9. The maximum atomic E-state index is 13.2. The lowest BCUT2D eigenvalue weighted by Crippen LogP contribution is -2.18. The quantitative estimate of drug-likeness (QED) is 0.472. The van der Waals surface area contributed by atoms with Crippen molar-refractivity contribution in [2.24, 2.45) is 0 Å². The molecular weight excluding hydrogens is 270 g/mol. The monoisotopic (exact) mass is 280 g/mol. The van der Waals surface area contributed by atoms with Gasteiger partial charge in [0, 0.05) is 14.2 Å². The third-order valence-corrected chi connectivity index (χ3v) is 2.89. The molecule has 0 aliphatic carbocycles. The maximum Gasteiger partial charge on any atom is 0.171 e. The van der Waals surface area contributed by atoms with Crippen molar-refractivity contribution in [3.05, 3.63) is 33.6 Å². The molecule has 0 amide bonds. The van der Waals surface area contributed by atoms with E-state index in [9.17, 15) is 9.18 Å².